The van der Waals surface area contributed by atoms with E-state index in [1.807, 2.05) is 13.1 Å². The molecule has 4 nitrogen and oxygen atoms in total. The van der Waals surface area contributed by atoms with Crippen LogP contribution >= 0.6 is 0 Å². The number of H-pyrrole nitrogens is 1. The average Bonchev–Trinajstić information content (AvgIpc) is 2.99. The molecule has 6 heteroatoms. The third kappa shape index (κ3) is 4.02. The summed E-state index contributed by atoms with van der Waals surface area (Å²) in [5.41, 5.74) is 3.91. The summed E-state index contributed by atoms with van der Waals surface area (Å²) in [4.78, 5) is 15.3. The van der Waals surface area contributed by atoms with Gasteiger partial charge in [-0.15, -0.1) is 0 Å². The Balaban J connectivity index is 1.52. The molecule has 0 radical (unpaired) electrons. The number of urea groups is 1. The van der Waals surface area contributed by atoms with E-state index in [-0.39, 0.29) is 6.03 Å². The Morgan fingerprint density at radius 1 is 1.15 bits per heavy atom. The number of hydrogen-bond acceptors (Lipinski definition) is 1. The Morgan fingerprint density at radius 2 is 1.96 bits per heavy atom. The van der Waals surface area contributed by atoms with Crippen LogP contribution in [-0.4, -0.2) is 17.6 Å². The van der Waals surface area contributed by atoms with Gasteiger partial charge in [-0.1, -0.05) is 18.2 Å². The summed E-state index contributed by atoms with van der Waals surface area (Å²) in [7, 11) is 0. The highest BCUT2D eigenvalue weighted by Gasteiger charge is 2.12. The SMILES string of the molecule is Cc1ccc2c(CCNC(=O)NC(C)c3ccc(F)c(F)c3)c[nH]c2c1. The van der Waals surface area contributed by atoms with Crippen LogP contribution in [0, 0.1) is 18.6 Å². The third-order valence-electron chi connectivity index (χ3n) is 4.39. The first kappa shape index (κ1) is 17.9. The van der Waals surface area contributed by atoms with Gasteiger partial charge in [0.1, 0.15) is 0 Å². The van der Waals surface area contributed by atoms with Crippen LogP contribution in [0.1, 0.15) is 29.7 Å². The maximum Gasteiger partial charge on any atom is 0.315 e. The van der Waals surface area contributed by atoms with Gasteiger partial charge in [0.25, 0.3) is 0 Å². The number of fused-ring (bicyclic) bond motifs is 1. The lowest BCUT2D eigenvalue weighted by Gasteiger charge is -2.15. The van der Waals surface area contributed by atoms with Gasteiger partial charge in [0.2, 0.25) is 0 Å². The third-order valence-corrected chi connectivity index (χ3v) is 4.39. The van der Waals surface area contributed by atoms with Gasteiger partial charge >= 0.3 is 6.03 Å². The largest absolute Gasteiger partial charge is 0.361 e. The highest BCUT2D eigenvalue weighted by Crippen LogP contribution is 2.20. The number of benzene rings is 2. The van der Waals surface area contributed by atoms with E-state index < -0.39 is 17.7 Å². The predicted octanol–water partition coefficient (Wildman–Crippen LogP) is 4.36. The predicted molar refractivity (Wildman–Crippen MR) is 98.0 cm³/mol. The average molecular weight is 357 g/mol. The molecule has 3 aromatic rings. The minimum atomic E-state index is -0.925. The molecular formula is C20H21F2N3O. The molecule has 26 heavy (non-hydrogen) atoms. The molecule has 1 unspecified atom stereocenters. The van der Waals surface area contributed by atoms with E-state index in [2.05, 4.69) is 33.8 Å². The van der Waals surface area contributed by atoms with Crippen LogP contribution in [-0.2, 0) is 6.42 Å². The minimum Gasteiger partial charge on any atom is -0.361 e. The van der Waals surface area contributed by atoms with Gasteiger partial charge in [0.15, 0.2) is 11.6 Å². The Labute approximate surface area is 150 Å². The van der Waals surface area contributed by atoms with Crippen molar-refractivity contribution in [2.24, 2.45) is 0 Å². The number of nitrogens with one attached hydrogen (secondary N) is 3. The molecule has 0 fully saturated rings. The first-order valence-electron chi connectivity index (χ1n) is 8.50. The topological polar surface area (TPSA) is 56.9 Å². The second-order valence-corrected chi connectivity index (χ2v) is 6.41. The van der Waals surface area contributed by atoms with Crippen molar-refractivity contribution >= 4 is 16.9 Å². The smallest absolute Gasteiger partial charge is 0.315 e. The quantitative estimate of drug-likeness (QED) is 0.624. The summed E-state index contributed by atoms with van der Waals surface area (Å²) in [5.74, 6) is -1.83. The first-order chi connectivity index (χ1) is 12.4. The fourth-order valence-electron chi connectivity index (χ4n) is 2.93. The molecule has 0 aliphatic rings. The van der Waals surface area contributed by atoms with Gasteiger partial charge in [0, 0.05) is 23.6 Å². The molecular weight excluding hydrogens is 336 g/mol. The maximum absolute atomic E-state index is 13.3. The van der Waals surface area contributed by atoms with Crippen molar-refractivity contribution < 1.29 is 13.6 Å². The monoisotopic (exact) mass is 357 g/mol. The van der Waals surface area contributed by atoms with Crippen molar-refractivity contribution in [1.29, 1.82) is 0 Å². The number of aryl methyl sites for hydroxylation is 1. The van der Waals surface area contributed by atoms with Gasteiger partial charge in [0.05, 0.1) is 6.04 Å². The lowest BCUT2D eigenvalue weighted by atomic mass is 10.1. The van der Waals surface area contributed by atoms with Crippen molar-refractivity contribution in [2.45, 2.75) is 26.3 Å². The molecule has 0 aliphatic carbocycles. The molecule has 0 aliphatic heterocycles. The second kappa shape index (κ2) is 7.56. The van der Waals surface area contributed by atoms with Crippen LogP contribution in [0.5, 0.6) is 0 Å². The molecule has 0 spiro atoms. The molecule has 136 valence electrons. The number of aromatic nitrogens is 1. The molecule has 3 rings (SSSR count). The van der Waals surface area contributed by atoms with Gasteiger partial charge in [-0.25, -0.2) is 13.6 Å². The van der Waals surface area contributed by atoms with Gasteiger partial charge < -0.3 is 15.6 Å². The van der Waals surface area contributed by atoms with E-state index >= 15 is 0 Å². The zero-order valence-electron chi connectivity index (χ0n) is 14.7. The molecule has 1 atom stereocenters. The number of halogens is 2. The Bertz CT molecular complexity index is 936. The summed E-state index contributed by atoms with van der Waals surface area (Å²) in [6.45, 7) is 4.23. The second-order valence-electron chi connectivity index (χ2n) is 6.41. The fourth-order valence-corrected chi connectivity index (χ4v) is 2.93. The van der Waals surface area contributed by atoms with Gasteiger partial charge in [-0.3, -0.25) is 0 Å². The molecule has 1 aromatic heterocycles. The summed E-state index contributed by atoms with van der Waals surface area (Å²) >= 11 is 0. The Hall–Kier alpha value is -2.89. The van der Waals surface area contributed by atoms with E-state index in [0.29, 0.717) is 18.5 Å². The number of hydrogen-bond donors (Lipinski definition) is 3. The van der Waals surface area contributed by atoms with Gasteiger partial charge in [-0.05, 0) is 55.2 Å². The lowest BCUT2D eigenvalue weighted by molar-refractivity contribution is 0.238. The number of carbonyl (C=O) groups excluding carboxylic acids is 1. The number of carbonyl (C=O) groups is 1. The van der Waals surface area contributed by atoms with E-state index in [1.165, 1.54) is 11.6 Å². The van der Waals surface area contributed by atoms with Crippen LogP contribution in [0.4, 0.5) is 13.6 Å². The Kier molecular flexibility index (Phi) is 5.21. The zero-order valence-corrected chi connectivity index (χ0v) is 14.7. The summed E-state index contributed by atoms with van der Waals surface area (Å²) in [6.07, 6.45) is 2.64. The van der Waals surface area contributed by atoms with Crippen molar-refractivity contribution in [1.82, 2.24) is 15.6 Å². The molecule has 2 aromatic carbocycles. The lowest BCUT2D eigenvalue weighted by Crippen LogP contribution is -2.38. The molecule has 2 amide bonds. The fraction of sp³-hybridized carbons (Fsp3) is 0.250. The van der Waals surface area contributed by atoms with Crippen LogP contribution < -0.4 is 10.6 Å². The molecule has 0 saturated heterocycles. The zero-order chi connectivity index (χ0) is 18.7. The highest BCUT2D eigenvalue weighted by molar-refractivity contribution is 5.84. The first-order valence-corrected chi connectivity index (χ1v) is 8.50. The van der Waals surface area contributed by atoms with E-state index in [4.69, 9.17) is 0 Å². The number of amides is 2. The molecule has 0 bridgehead atoms. The van der Waals surface area contributed by atoms with Gasteiger partial charge in [-0.2, -0.15) is 0 Å². The van der Waals surface area contributed by atoms with Crippen molar-refractivity contribution in [3.05, 3.63) is 70.9 Å². The number of rotatable bonds is 5. The summed E-state index contributed by atoms with van der Waals surface area (Å²) < 4.78 is 26.3. The van der Waals surface area contributed by atoms with Crippen LogP contribution in [0.3, 0.4) is 0 Å². The van der Waals surface area contributed by atoms with E-state index in [1.54, 1.807) is 6.92 Å². The van der Waals surface area contributed by atoms with Crippen LogP contribution in [0.15, 0.2) is 42.6 Å². The Morgan fingerprint density at radius 3 is 2.73 bits per heavy atom. The van der Waals surface area contributed by atoms with Crippen molar-refractivity contribution in [2.75, 3.05) is 6.54 Å². The van der Waals surface area contributed by atoms with Crippen LogP contribution in [0.25, 0.3) is 10.9 Å². The normalized spacial score (nSPS) is 12.2. The van der Waals surface area contributed by atoms with Crippen LogP contribution in [0.2, 0.25) is 0 Å². The minimum absolute atomic E-state index is 0.349. The van der Waals surface area contributed by atoms with E-state index in [9.17, 15) is 13.6 Å². The molecule has 3 N–H and O–H groups in total. The molecule has 1 heterocycles. The summed E-state index contributed by atoms with van der Waals surface area (Å²) in [6, 6.07) is 9.04. The van der Waals surface area contributed by atoms with Crippen molar-refractivity contribution in [3.8, 4) is 0 Å². The van der Waals surface area contributed by atoms with Crippen molar-refractivity contribution in [3.63, 3.8) is 0 Å². The number of aromatic amines is 1. The summed E-state index contributed by atoms with van der Waals surface area (Å²) in [5, 5.41) is 6.66. The maximum atomic E-state index is 13.3. The highest BCUT2D eigenvalue weighted by atomic mass is 19.2. The molecule has 0 saturated carbocycles. The van der Waals surface area contributed by atoms with E-state index in [0.717, 1.165) is 28.6 Å². The standard InChI is InChI=1S/C20H21F2N3O/c1-12-3-5-16-15(11-24-19(16)9-12)7-8-23-20(26)25-13(2)14-4-6-17(21)18(22)10-14/h3-6,9-11,13,24H,7-8H2,1-2H3,(H2,23,25,26).